The van der Waals surface area contributed by atoms with E-state index in [1.165, 1.54) is 4.90 Å². The molecule has 3 N–H and O–H groups in total. The van der Waals surface area contributed by atoms with Crippen LogP contribution in [-0.4, -0.2) is 67.8 Å². The Bertz CT molecular complexity index is 450. The molecule has 2 amide bonds. The van der Waals surface area contributed by atoms with Crippen molar-refractivity contribution in [1.29, 1.82) is 0 Å². The van der Waals surface area contributed by atoms with E-state index in [1.54, 1.807) is 20.8 Å². The maximum atomic E-state index is 12.2. The minimum Gasteiger partial charge on any atom is -0.444 e. The van der Waals surface area contributed by atoms with Gasteiger partial charge in [0.15, 0.2) is 0 Å². The van der Waals surface area contributed by atoms with E-state index in [9.17, 15) is 19.8 Å². The lowest BCUT2D eigenvalue weighted by molar-refractivity contribution is -0.122. The lowest BCUT2D eigenvalue weighted by Gasteiger charge is -2.30. The van der Waals surface area contributed by atoms with E-state index < -0.39 is 39.6 Å². The number of nitrogens with one attached hydrogen (secondary N) is 1. The van der Waals surface area contributed by atoms with Gasteiger partial charge in [-0.3, -0.25) is 4.79 Å². The van der Waals surface area contributed by atoms with Crippen molar-refractivity contribution in [2.24, 2.45) is 0 Å². The molecule has 0 aromatic heterocycles. The highest BCUT2D eigenvalue weighted by Gasteiger charge is 2.39. The molecule has 10 heteroatoms. The first-order valence-corrected chi connectivity index (χ1v) is 8.16. The zero-order valence-electron chi connectivity index (χ0n) is 13.1. The zero-order valence-corrected chi connectivity index (χ0v) is 15.3. The number of amides is 2. The molecule has 1 fully saturated rings. The van der Waals surface area contributed by atoms with Gasteiger partial charge in [-0.25, -0.2) is 4.79 Å². The lowest BCUT2D eigenvalue weighted by atomic mass is 10.1. The topological polar surface area (TPSA) is 99.1 Å². The van der Waals surface area contributed by atoms with Gasteiger partial charge in [-0.1, -0.05) is 34.8 Å². The molecule has 0 bridgehead atoms. The fourth-order valence-electron chi connectivity index (χ4n) is 2.04. The molecule has 1 heterocycles. The predicted octanol–water partition coefficient (Wildman–Crippen LogP) is 1.20. The van der Waals surface area contributed by atoms with Gasteiger partial charge in [0.1, 0.15) is 11.7 Å². The summed E-state index contributed by atoms with van der Waals surface area (Å²) in [6.45, 7) is 5.23. The molecule has 7 nitrogen and oxygen atoms in total. The molecule has 0 unspecified atom stereocenters. The van der Waals surface area contributed by atoms with Crippen molar-refractivity contribution in [2.75, 3.05) is 13.1 Å². The van der Waals surface area contributed by atoms with Crippen LogP contribution in [0.15, 0.2) is 0 Å². The number of alkyl halides is 3. The van der Waals surface area contributed by atoms with Gasteiger partial charge in [-0.15, -0.1) is 0 Å². The van der Waals surface area contributed by atoms with Crippen molar-refractivity contribution in [1.82, 2.24) is 10.2 Å². The highest BCUT2D eigenvalue weighted by Crippen LogP contribution is 2.26. The van der Waals surface area contributed by atoms with E-state index in [4.69, 9.17) is 39.5 Å². The maximum Gasteiger partial charge on any atom is 0.410 e. The van der Waals surface area contributed by atoms with Crippen LogP contribution in [0.4, 0.5) is 4.79 Å². The summed E-state index contributed by atoms with van der Waals surface area (Å²) in [5.74, 6) is -0.954. The Kier molecular flexibility index (Phi) is 6.81. The Morgan fingerprint density at radius 2 is 1.78 bits per heavy atom. The molecule has 134 valence electrons. The Morgan fingerprint density at radius 1 is 1.22 bits per heavy atom. The van der Waals surface area contributed by atoms with Crippen molar-refractivity contribution in [3.05, 3.63) is 0 Å². The summed E-state index contributed by atoms with van der Waals surface area (Å²) in [6, 6.07) is -0.997. The van der Waals surface area contributed by atoms with Gasteiger partial charge >= 0.3 is 6.09 Å². The van der Waals surface area contributed by atoms with E-state index in [0.29, 0.717) is 0 Å². The van der Waals surface area contributed by atoms with Gasteiger partial charge in [0.25, 0.3) is 9.70 Å². The largest absolute Gasteiger partial charge is 0.444 e. The van der Waals surface area contributed by atoms with E-state index in [1.807, 2.05) is 0 Å². The summed E-state index contributed by atoms with van der Waals surface area (Å²) >= 11 is 16.4. The van der Waals surface area contributed by atoms with Crippen LogP contribution >= 0.6 is 34.8 Å². The monoisotopic (exact) mass is 390 g/mol. The second-order valence-electron chi connectivity index (χ2n) is 6.35. The van der Waals surface area contributed by atoms with E-state index in [0.717, 1.165) is 0 Å². The average Bonchev–Trinajstić information content (AvgIpc) is 2.49. The number of carbonyl (C=O) groups excluding carboxylic acids is 2. The third-order valence-electron chi connectivity index (χ3n) is 3.14. The molecule has 23 heavy (non-hydrogen) atoms. The van der Waals surface area contributed by atoms with Gasteiger partial charge in [0.05, 0.1) is 12.1 Å². The van der Waals surface area contributed by atoms with Crippen LogP contribution < -0.4 is 5.32 Å². The fourth-order valence-corrected chi connectivity index (χ4v) is 2.20. The number of aliphatic hydroxyl groups is 2. The normalized spacial score (nSPS) is 26.4. The van der Waals surface area contributed by atoms with Gasteiger partial charge in [0, 0.05) is 13.1 Å². The second kappa shape index (κ2) is 7.61. The standard InChI is InChI=1S/C13H21Cl3N2O5/c1-12(2,3)23-11(22)18-5-4-8(19)9(20)7(6-18)17-10(21)13(14,15)16/h7-9,19-20H,4-6H2,1-3H3,(H,17,21)/t7-,8+,9-/m0/s1. The number of likely N-dealkylation sites (tertiary alicyclic amines) is 1. The quantitative estimate of drug-likeness (QED) is 0.583. The van der Waals surface area contributed by atoms with Crippen LogP contribution in [0.5, 0.6) is 0 Å². The van der Waals surface area contributed by atoms with Crippen molar-refractivity contribution in [3.8, 4) is 0 Å². The van der Waals surface area contributed by atoms with Gasteiger partial charge in [-0.2, -0.15) is 0 Å². The number of halogens is 3. The molecule has 0 saturated carbocycles. The predicted molar refractivity (Wildman–Crippen MR) is 86.7 cm³/mol. The number of nitrogens with zero attached hydrogens (tertiary/aromatic N) is 1. The summed E-state index contributed by atoms with van der Waals surface area (Å²) in [5, 5.41) is 22.3. The number of carbonyl (C=O) groups is 2. The van der Waals surface area contributed by atoms with Crippen molar-refractivity contribution in [2.45, 2.75) is 54.8 Å². The molecule has 0 spiro atoms. The number of aliphatic hydroxyl groups excluding tert-OH is 2. The Labute approximate surface area is 149 Å². The lowest BCUT2D eigenvalue weighted by Crippen LogP contribution is -2.54. The van der Waals surface area contributed by atoms with Crippen LogP contribution in [0.25, 0.3) is 0 Å². The second-order valence-corrected chi connectivity index (χ2v) is 8.63. The van der Waals surface area contributed by atoms with Crippen molar-refractivity contribution in [3.63, 3.8) is 0 Å². The van der Waals surface area contributed by atoms with E-state index >= 15 is 0 Å². The summed E-state index contributed by atoms with van der Waals surface area (Å²) in [4.78, 5) is 25.2. The first-order valence-electron chi connectivity index (χ1n) is 7.03. The molecule has 0 radical (unpaired) electrons. The van der Waals surface area contributed by atoms with E-state index in [-0.39, 0.29) is 19.5 Å². The Hall–Kier alpha value is -0.470. The van der Waals surface area contributed by atoms with Crippen LogP contribution in [0.3, 0.4) is 0 Å². The number of ether oxygens (including phenoxy) is 1. The highest BCUT2D eigenvalue weighted by molar-refractivity contribution is 6.76. The average molecular weight is 392 g/mol. The number of hydrogen-bond acceptors (Lipinski definition) is 5. The zero-order chi connectivity index (χ0) is 18.0. The molecule has 0 aliphatic carbocycles. The summed E-state index contributed by atoms with van der Waals surface area (Å²) in [6.07, 6.45) is -2.94. The van der Waals surface area contributed by atoms with Crippen molar-refractivity contribution < 1.29 is 24.5 Å². The maximum absolute atomic E-state index is 12.2. The summed E-state index contributed by atoms with van der Waals surface area (Å²) < 4.78 is 3.04. The van der Waals surface area contributed by atoms with Crippen LogP contribution in [-0.2, 0) is 9.53 Å². The van der Waals surface area contributed by atoms with Gasteiger partial charge < -0.3 is 25.2 Å². The third-order valence-corrected chi connectivity index (χ3v) is 3.66. The first kappa shape index (κ1) is 20.6. The van der Waals surface area contributed by atoms with Crippen LogP contribution in [0.2, 0.25) is 0 Å². The summed E-state index contributed by atoms with van der Waals surface area (Å²) in [5.41, 5.74) is -0.697. The molecule has 0 aromatic rings. The molecular weight excluding hydrogens is 371 g/mol. The van der Waals surface area contributed by atoms with Crippen LogP contribution in [0.1, 0.15) is 27.2 Å². The molecule has 0 aromatic carbocycles. The van der Waals surface area contributed by atoms with Gasteiger partial charge in [0.2, 0.25) is 0 Å². The first-order chi connectivity index (χ1) is 10.3. The molecule has 1 saturated heterocycles. The highest BCUT2D eigenvalue weighted by atomic mass is 35.6. The molecular formula is C13H21Cl3N2O5. The SMILES string of the molecule is CC(C)(C)OC(=O)N1CC[C@@H](O)[C@@H](O)[C@@H](NC(=O)C(Cl)(Cl)Cl)C1. The molecule has 3 atom stereocenters. The minimum atomic E-state index is -2.21. The Morgan fingerprint density at radius 3 is 2.26 bits per heavy atom. The smallest absolute Gasteiger partial charge is 0.410 e. The third kappa shape index (κ3) is 6.51. The Balaban J connectivity index is 2.86. The summed E-state index contributed by atoms with van der Waals surface area (Å²) in [7, 11) is 0. The van der Waals surface area contributed by atoms with E-state index in [2.05, 4.69) is 5.32 Å². The molecule has 1 aliphatic heterocycles. The molecule has 1 rings (SSSR count). The fraction of sp³-hybridized carbons (Fsp3) is 0.846. The molecule has 1 aliphatic rings. The number of hydrogen-bond donors (Lipinski definition) is 3. The van der Waals surface area contributed by atoms with Crippen LogP contribution in [0, 0.1) is 0 Å². The van der Waals surface area contributed by atoms with Gasteiger partial charge in [-0.05, 0) is 27.2 Å². The minimum absolute atomic E-state index is 0.0837. The van der Waals surface area contributed by atoms with Crippen molar-refractivity contribution >= 4 is 46.8 Å². The number of rotatable bonds is 1.